The summed E-state index contributed by atoms with van der Waals surface area (Å²) in [6.07, 6.45) is 0. The van der Waals surface area contributed by atoms with Crippen LogP contribution in [0, 0.1) is 3.57 Å². The van der Waals surface area contributed by atoms with E-state index in [0.29, 0.717) is 0 Å². The Morgan fingerprint density at radius 3 is 2.59 bits per heavy atom. The van der Waals surface area contributed by atoms with Gasteiger partial charge < -0.3 is 10.6 Å². The van der Waals surface area contributed by atoms with Gasteiger partial charge in [0.05, 0.1) is 5.69 Å². The first-order valence-corrected chi connectivity index (χ1v) is 6.99. The molecule has 0 aliphatic carbocycles. The normalized spacial score (nSPS) is 20.6. The van der Waals surface area contributed by atoms with Crippen LogP contribution in [-0.4, -0.2) is 37.1 Å². The SMILES string of the molecule is CN1CCN(c2ccc(N)cc2I)CC1(C)C. The van der Waals surface area contributed by atoms with E-state index in [1.54, 1.807) is 0 Å². The Hall–Kier alpha value is -0.490. The van der Waals surface area contributed by atoms with Gasteiger partial charge in [-0.3, -0.25) is 4.90 Å². The summed E-state index contributed by atoms with van der Waals surface area (Å²) in [5, 5.41) is 0. The van der Waals surface area contributed by atoms with Crippen LogP contribution >= 0.6 is 22.6 Å². The number of hydrogen-bond donors (Lipinski definition) is 1. The topological polar surface area (TPSA) is 32.5 Å². The quantitative estimate of drug-likeness (QED) is 0.627. The second-order valence-corrected chi connectivity index (χ2v) is 6.53. The molecule has 1 aromatic rings. The van der Waals surface area contributed by atoms with Crippen molar-refractivity contribution in [1.82, 2.24) is 4.90 Å². The number of nitrogens with two attached hydrogens (primary N) is 1. The van der Waals surface area contributed by atoms with Gasteiger partial charge in [-0.15, -0.1) is 0 Å². The fraction of sp³-hybridized carbons (Fsp3) is 0.538. The molecule has 2 N–H and O–H groups in total. The third kappa shape index (κ3) is 2.68. The molecule has 0 saturated carbocycles. The highest BCUT2D eigenvalue weighted by Gasteiger charge is 2.31. The van der Waals surface area contributed by atoms with Gasteiger partial charge in [0.2, 0.25) is 0 Å². The number of likely N-dealkylation sites (N-methyl/N-ethyl adjacent to an activating group) is 1. The van der Waals surface area contributed by atoms with Crippen molar-refractivity contribution in [3.63, 3.8) is 0 Å². The third-order valence-electron chi connectivity index (χ3n) is 3.63. The van der Waals surface area contributed by atoms with Crippen molar-refractivity contribution in [3.8, 4) is 0 Å². The predicted molar refractivity (Wildman–Crippen MR) is 82.5 cm³/mol. The lowest BCUT2D eigenvalue weighted by Gasteiger charge is -2.46. The molecule has 0 bridgehead atoms. The Balaban J connectivity index is 2.24. The smallest absolute Gasteiger partial charge is 0.0504 e. The number of piperazine rings is 1. The van der Waals surface area contributed by atoms with Crippen molar-refractivity contribution in [2.24, 2.45) is 0 Å². The van der Waals surface area contributed by atoms with E-state index in [4.69, 9.17) is 5.73 Å². The highest BCUT2D eigenvalue weighted by molar-refractivity contribution is 14.1. The summed E-state index contributed by atoms with van der Waals surface area (Å²) >= 11 is 2.37. The molecule has 1 fully saturated rings. The molecule has 1 aromatic carbocycles. The molecule has 0 spiro atoms. The number of anilines is 2. The summed E-state index contributed by atoms with van der Waals surface area (Å²) in [5.74, 6) is 0. The lowest BCUT2D eigenvalue weighted by atomic mass is 9.99. The molecule has 0 radical (unpaired) electrons. The average Bonchev–Trinajstić information content (AvgIpc) is 2.22. The van der Waals surface area contributed by atoms with Gasteiger partial charge in [0.25, 0.3) is 0 Å². The van der Waals surface area contributed by atoms with Gasteiger partial charge in [-0.05, 0) is 61.7 Å². The molecular weight excluding hydrogens is 325 g/mol. The second-order valence-electron chi connectivity index (χ2n) is 5.37. The van der Waals surface area contributed by atoms with E-state index in [1.807, 2.05) is 12.1 Å². The van der Waals surface area contributed by atoms with Crippen LogP contribution in [0.3, 0.4) is 0 Å². The molecule has 1 heterocycles. The van der Waals surface area contributed by atoms with E-state index < -0.39 is 0 Å². The molecule has 1 aliphatic heterocycles. The first-order valence-electron chi connectivity index (χ1n) is 5.91. The Morgan fingerprint density at radius 1 is 1.29 bits per heavy atom. The summed E-state index contributed by atoms with van der Waals surface area (Å²) in [7, 11) is 2.20. The van der Waals surface area contributed by atoms with Crippen LogP contribution < -0.4 is 10.6 Å². The highest BCUT2D eigenvalue weighted by atomic mass is 127. The van der Waals surface area contributed by atoms with Crippen molar-refractivity contribution in [2.45, 2.75) is 19.4 Å². The zero-order valence-corrected chi connectivity index (χ0v) is 12.9. The van der Waals surface area contributed by atoms with Crippen LogP contribution in [0.4, 0.5) is 11.4 Å². The van der Waals surface area contributed by atoms with Crippen molar-refractivity contribution in [2.75, 3.05) is 37.3 Å². The summed E-state index contributed by atoms with van der Waals surface area (Å²) in [4.78, 5) is 4.88. The van der Waals surface area contributed by atoms with Crippen LogP contribution in [0.2, 0.25) is 0 Å². The maximum absolute atomic E-state index is 5.80. The van der Waals surface area contributed by atoms with Crippen LogP contribution in [-0.2, 0) is 0 Å². The van der Waals surface area contributed by atoms with E-state index in [2.05, 4.69) is 59.4 Å². The molecule has 94 valence electrons. The molecule has 0 amide bonds. The van der Waals surface area contributed by atoms with E-state index in [1.165, 1.54) is 9.26 Å². The second kappa shape index (κ2) is 4.65. The minimum Gasteiger partial charge on any atom is -0.399 e. The molecule has 0 aromatic heterocycles. The van der Waals surface area contributed by atoms with Gasteiger partial charge in [-0.25, -0.2) is 0 Å². The number of nitrogen functional groups attached to an aromatic ring is 1. The monoisotopic (exact) mass is 345 g/mol. The molecule has 17 heavy (non-hydrogen) atoms. The Kier molecular flexibility index (Phi) is 3.54. The van der Waals surface area contributed by atoms with Gasteiger partial charge >= 0.3 is 0 Å². The first-order chi connectivity index (χ1) is 7.90. The van der Waals surface area contributed by atoms with Crippen molar-refractivity contribution < 1.29 is 0 Å². The summed E-state index contributed by atoms with van der Waals surface area (Å²) in [6, 6.07) is 6.17. The highest BCUT2D eigenvalue weighted by Crippen LogP contribution is 2.29. The molecule has 0 unspecified atom stereocenters. The maximum atomic E-state index is 5.80. The van der Waals surface area contributed by atoms with Gasteiger partial charge in [0, 0.05) is 34.4 Å². The minimum absolute atomic E-state index is 0.225. The van der Waals surface area contributed by atoms with Crippen LogP contribution in [0.25, 0.3) is 0 Å². The van der Waals surface area contributed by atoms with E-state index in [9.17, 15) is 0 Å². The number of benzene rings is 1. The number of halogens is 1. The lowest BCUT2D eigenvalue weighted by molar-refractivity contribution is 0.139. The Morgan fingerprint density at radius 2 is 2.00 bits per heavy atom. The molecule has 3 nitrogen and oxygen atoms in total. The van der Waals surface area contributed by atoms with Crippen LogP contribution in [0.5, 0.6) is 0 Å². The Bertz CT molecular complexity index is 417. The summed E-state index contributed by atoms with van der Waals surface area (Å²) in [6.45, 7) is 7.84. The number of hydrogen-bond acceptors (Lipinski definition) is 3. The number of nitrogens with zero attached hydrogens (tertiary/aromatic N) is 2. The lowest BCUT2D eigenvalue weighted by Crippen LogP contribution is -2.57. The standard InChI is InChI=1S/C13H20IN3/c1-13(2)9-17(7-6-16(13)3)12-5-4-10(15)8-11(12)14/h4-5,8H,6-7,9,15H2,1-3H3. The van der Waals surface area contributed by atoms with Crippen molar-refractivity contribution in [1.29, 1.82) is 0 Å². The third-order valence-corrected chi connectivity index (χ3v) is 4.49. The van der Waals surface area contributed by atoms with Crippen molar-refractivity contribution >= 4 is 34.0 Å². The van der Waals surface area contributed by atoms with Gasteiger partial charge in [-0.2, -0.15) is 0 Å². The Labute approximate surface area is 117 Å². The largest absolute Gasteiger partial charge is 0.399 e. The summed E-state index contributed by atoms with van der Waals surface area (Å²) < 4.78 is 1.24. The van der Waals surface area contributed by atoms with E-state index in [0.717, 1.165) is 25.3 Å². The molecule has 2 rings (SSSR count). The molecule has 1 saturated heterocycles. The molecule has 4 heteroatoms. The first kappa shape index (κ1) is 13.0. The maximum Gasteiger partial charge on any atom is 0.0504 e. The molecule has 1 aliphatic rings. The van der Waals surface area contributed by atoms with Gasteiger partial charge in [0.1, 0.15) is 0 Å². The van der Waals surface area contributed by atoms with Crippen LogP contribution in [0.1, 0.15) is 13.8 Å². The molecule has 0 atom stereocenters. The van der Waals surface area contributed by atoms with Gasteiger partial charge in [0.15, 0.2) is 0 Å². The minimum atomic E-state index is 0.225. The van der Waals surface area contributed by atoms with Gasteiger partial charge in [-0.1, -0.05) is 0 Å². The summed E-state index contributed by atoms with van der Waals surface area (Å²) in [5.41, 5.74) is 8.17. The number of rotatable bonds is 1. The zero-order valence-electron chi connectivity index (χ0n) is 10.7. The van der Waals surface area contributed by atoms with E-state index in [-0.39, 0.29) is 5.54 Å². The average molecular weight is 345 g/mol. The predicted octanol–water partition coefficient (Wildman–Crippen LogP) is 2.40. The fourth-order valence-electron chi connectivity index (χ4n) is 2.23. The zero-order chi connectivity index (χ0) is 12.6. The van der Waals surface area contributed by atoms with Crippen molar-refractivity contribution in [3.05, 3.63) is 21.8 Å². The molecular formula is C13H20IN3. The van der Waals surface area contributed by atoms with E-state index >= 15 is 0 Å². The van der Waals surface area contributed by atoms with Crippen LogP contribution in [0.15, 0.2) is 18.2 Å². The fourth-order valence-corrected chi connectivity index (χ4v) is 3.11.